The van der Waals surface area contributed by atoms with Crippen molar-refractivity contribution in [3.63, 3.8) is 0 Å². The lowest BCUT2D eigenvalue weighted by Crippen LogP contribution is -2.40. The Kier molecular flexibility index (Phi) is 4.03. The summed E-state index contributed by atoms with van der Waals surface area (Å²) in [5.74, 6) is 0. The van der Waals surface area contributed by atoms with Crippen LogP contribution in [0, 0.1) is 5.41 Å². The zero-order valence-electron chi connectivity index (χ0n) is 11.8. The van der Waals surface area contributed by atoms with Crippen molar-refractivity contribution in [2.45, 2.75) is 51.5 Å². The van der Waals surface area contributed by atoms with Gasteiger partial charge in [0, 0.05) is 7.05 Å². The largest absolute Gasteiger partial charge is 0.363 e. The Balaban J connectivity index is 1.52. The SMILES string of the molecule is CNc1nnc(CN2CCC3(CCCCC3)CC2)s1. The molecule has 1 saturated heterocycles. The van der Waals surface area contributed by atoms with E-state index in [1.54, 1.807) is 11.3 Å². The van der Waals surface area contributed by atoms with E-state index in [0.717, 1.165) is 16.7 Å². The fraction of sp³-hybridized carbons (Fsp3) is 0.857. The summed E-state index contributed by atoms with van der Waals surface area (Å²) >= 11 is 1.68. The van der Waals surface area contributed by atoms with Crippen LogP contribution in [0.4, 0.5) is 5.13 Å². The maximum absolute atomic E-state index is 4.25. The summed E-state index contributed by atoms with van der Waals surface area (Å²) in [6.07, 6.45) is 10.1. The molecule has 0 amide bonds. The number of likely N-dealkylation sites (tertiary alicyclic amines) is 1. The number of nitrogens with zero attached hydrogens (tertiary/aromatic N) is 3. The van der Waals surface area contributed by atoms with Crippen LogP contribution in [0.5, 0.6) is 0 Å². The van der Waals surface area contributed by atoms with Gasteiger partial charge in [-0.15, -0.1) is 10.2 Å². The predicted octanol–water partition coefficient (Wildman–Crippen LogP) is 3.13. The van der Waals surface area contributed by atoms with E-state index in [4.69, 9.17) is 0 Å². The van der Waals surface area contributed by atoms with Crippen LogP contribution in [-0.4, -0.2) is 35.2 Å². The summed E-state index contributed by atoms with van der Waals surface area (Å²) < 4.78 is 0. The molecule has 1 spiro atoms. The van der Waals surface area contributed by atoms with Crippen LogP contribution in [0.25, 0.3) is 0 Å². The number of rotatable bonds is 3. The first-order valence-electron chi connectivity index (χ1n) is 7.52. The Morgan fingerprint density at radius 1 is 1.11 bits per heavy atom. The third kappa shape index (κ3) is 3.08. The summed E-state index contributed by atoms with van der Waals surface area (Å²) in [6, 6.07) is 0. The van der Waals surface area contributed by atoms with Gasteiger partial charge in [0.2, 0.25) is 5.13 Å². The Bertz CT molecular complexity index is 401. The van der Waals surface area contributed by atoms with E-state index in [1.165, 1.54) is 58.0 Å². The van der Waals surface area contributed by atoms with Crippen LogP contribution in [0.3, 0.4) is 0 Å². The van der Waals surface area contributed by atoms with E-state index in [9.17, 15) is 0 Å². The van der Waals surface area contributed by atoms with Crippen molar-refractivity contribution in [1.29, 1.82) is 0 Å². The smallest absolute Gasteiger partial charge is 0.205 e. The first kappa shape index (κ1) is 13.3. The number of piperidine rings is 1. The van der Waals surface area contributed by atoms with Gasteiger partial charge in [0.05, 0.1) is 6.54 Å². The molecule has 1 saturated carbocycles. The number of anilines is 1. The van der Waals surface area contributed by atoms with Gasteiger partial charge < -0.3 is 5.32 Å². The first-order valence-corrected chi connectivity index (χ1v) is 8.34. The van der Waals surface area contributed by atoms with Gasteiger partial charge >= 0.3 is 0 Å². The van der Waals surface area contributed by atoms with Crippen molar-refractivity contribution in [2.75, 3.05) is 25.5 Å². The molecule has 0 aromatic carbocycles. The lowest BCUT2D eigenvalue weighted by molar-refractivity contribution is 0.0640. The van der Waals surface area contributed by atoms with Crippen LogP contribution < -0.4 is 5.32 Å². The second kappa shape index (κ2) is 5.75. The Hall–Kier alpha value is -0.680. The molecular weight excluding hydrogens is 256 g/mol. The van der Waals surface area contributed by atoms with Crippen molar-refractivity contribution in [1.82, 2.24) is 15.1 Å². The summed E-state index contributed by atoms with van der Waals surface area (Å²) in [6.45, 7) is 3.47. The Morgan fingerprint density at radius 3 is 2.47 bits per heavy atom. The topological polar surface area (TPSA) is 41.1 Å². The van der Waals surface area contributed by atoms with E-state index in [1.807, 2.05) is 7.05 Å². The summed E-state index contributed by atoms with van der Waals surface area (Å²) in [7, 11) is 1.90. The van der Waals surface area contributed by atoms with Crippen LogP contribution >= 0.6 is 11.3 Å². The van der Waals surface area contributed by atoms with Crippen molar-refractivity contribution in [3.05, 3.63) is 5.01 Å². The van der Waals surface area contributed by atoms with Gasteiger partial charge in [-0.3, -0.25) is 4.90 Å². The minimum absolute atomic E-state index is 0.700. The molecule has 0 unspecified atom stereocenters. The van der Waals surface area contributed by atoms with E-state index >= 15 is 0 Å². The zero-order valence-corrected chi connectivity index (χ0v) is 12.6. The minimum atomic E-state index is 0.700. The highest BCUT2D eigenvalue weighted by Crippen LogP contribution is 2.44. The summed E-state index contributed by atoms with van der Waals surface area (Å²) in [4.78, 5) is 2.56. The van der Waals surface area contributed by atoms with Gasteiger partial charge in [-0.25, -0.2) is 0 Å². The molecule has 0 radical (unpaired) electrons. The molecule has 5 heteroatoms. The highest BCUT2D eigenvalue weighted by molar-refractivity contribution is 7.15. The third-order valence-corrected chi connectivity index (χ3v) is 5.80. The van der Waals surface area contributed by atoms with Gasteiger partial charge in [-0.2, -0.15) is 0 Å². The van der Waals surface area contributed by atoms with Crippen LogP contribution in [0.15, 0.2) is 0 Å². The maximum Gasteiger partial charge on any atom is 0.205 e. The highest BCUT2D eigenvalue weighted by atomic mass is 32.1. The fourth-order valence-corrected chi connectivity index (χ4v) is 4.33. The Labute approximate surface area is 119 Å². The van der Waals surface area contributed by atoms with Crippen molar-refractivity contribution in [2.24, 2.45) is 5.41 Å². The van der Waals surface area contributed by atoms with Gasteiger partial charge in [-0.1, -0.05) is 30.6 Å². The van der Waals surface area contributed by atoms with Crippen LogP contribution in [0.2, 0.25) is 0 Å². The third-order valence-electron chi connectivity index (χ3n) is 4.87. The molecule has 1 aromatic heterocycles. The van der Waals surface area contributed by atoms with E-state index in [-0.39, 0.29) is 0 Å². The molecular formula is C14H24N4S. The van der Waals surface area contributed by atoms with E-state index in [2.05, 4.69) is 20.4 Å². The summed E-state index contributed by atoms with van der Waals surface area (Å²) in [5.41, 5.74) is 0.700. The first-order chi connectivity index (χ1) is 9.30. The van der Waals surface area contributed by atoms with Gasteiger partial charge in [0.1, 0.15) is 5.01 Å². The average Bonchev–Trinajstić information content (AvgIpc) is 2.90. The average molecular weight is 280 g/mol. The van der Waals surface area contributed by atoms with Crippen LogP contribution in [0.1, 0.15) is 50.0 Å². The molecule has 0 bridgehead atoms. The predicted molar refractivity (Wildman–Crippen MR) is 79.5 cm³/mol. The number of aromatic nitrogens is 2. The minimum Gasteiger partial charge on any atom is -0.363 e. The van der Waals surface area contributed by atoms with Gasteiger partial charge in [0.15, 0.2) is 0 Å². The molecule has 2 aliphatic rings. The summed E-state index contributed by atoms with van der Waals surface area (Å²) in [5, 5.41) is 13.5. The quantitative estimate of drug-likeness (QED) is 0.923. The molecule has 19 heavy (non-hydrogen) atoms. The van der Waals surface area contributed by atoms with Gasteiger partial charge in [-0.05, 0) is 44.2 Å². The van der Waals surface area contributed by atoms with Crippen molar-refractivity contribution >= 4 is 16.5 Å². The molecule has 1 aliphatic carbocycles. The maximum atomic E-state index is 4.25. The molecule has 106 valence electrons. The molecule has 0 atom stereocenters. The lowest BCUT2D eigenvalue weighted by atomic mass is 9.68. The molecule has 1 aliphatic heterocycles. The highest BCUT2D eigenvalue weighted by Gasteiger charge is 2.35. The van der Waals surface area contributed by atoms with E-state index < -0.39 is 0 Å². The number of hydrogen-bond donors (Lipinski definition) is 1. The second-order valence-electron chi connectivity index (χ2n) is 6.09. The lowest BCUT2D eigenvalue weighted by Gasteiger charge is -2.44. The molecule has 3 rings (SSSR count). The fourth-order valence-electron chi connectivity index (χ4n) is 3.60. The number of hydrogen-bond acceptors (Lipinski definition) is 5. The van der Waals surface area contributed by atoms with Gasteiger partial charge in [0.25, 0.3) is 0 Å². The van der Waals surface area contributed by atoms with Crippen molar-refractivity contribution in [3.8, 4) is 0 Å². The Morgan fingerprint density at radius 2 is 1.84 bits per heavy atom. The van der Waals surface area contributed by atoms with E-state index in [0.29, 0.717) is 5.41 Å². The number of nitrogens with one attached hydrogen (secondary N) is 1. The normalized spacial score (nSPS) is 23.6. The molecule has 1 aromatic rings. The monoisotopic (exact) mass is 280 g/mol. The van der Waals surface area contributed by atoms with Crippen molar-refractivity contribution < 1.29 is 0 Å². The standard InChI is InChI=1S/C14H24N4S/c1-15-13-17-16-12(19-13)11-18-9-7-14(8-10-18)5-3-2-4-6-14/h2-11H2,1H3,(H,15,17). The van der Waals surface area contributed by atoms with Crippen LogP contribution in [-0.2, 0) is 6.54 Å². The molecule has 1 N–H and O–H groups in total. The zero-order chi connectivity index (χ0) is 13.1. The molecule has 2 fully saturated rings. The molecule has 4 nitrogen and oxygen atoms in total. The second-order valence-corrected chi connectivity index (χ2v) is 7.15. The molecule has 2 heterocycles.